The second kappa shape index (κ2) is 6.38. The number of nitrogens with zero attached hydrogens (tertiary/aromatic N) is 2. The smallest absolute Gasteiger partial charge is 0.224 e. The van der Waals surface area contributed by atoms with Gasteiger partial charge in [-0.15, -0.1) is 0 Å². The maximum Gasteiger partial charge on any atom is 0.224 e. The minimum absolute atomic E-state index is 0.179. The maximum atomic E-state index is 6.13. The highest BCUT2D eigenvalue weighted by molar-refractivity contribution is 6.32. The van der Waals surface area contributed by atoms with Gasteiger partial charge in [-0.25, -0.2) is 4.98 Å². The van der Waals surface area contributed by atoms with Gasteiger partial charge in [0.2, 0.25) is 5.95 Å². The Morgan fingerprint density at radius 2 is 2.00 bits per heavy atom. The number of halogens is 1. The van der Waals surface area contributed by atoms with Crippen LogP contribution in [0.1, 0.15) is 24.9 Å². The predicted molar refractivity (Wildman–Crippen MR) is 79.7 cm³/mol. The SMILES string of the molecule is CCC(Nc1nc(NC)ncc1Cl)c1ccccc1. The highest BCUT2D eigenvalue weighted by atomic mass is 35.5. The minimum atomic E-state index is 0.179. The molecular weight excluding hydrogens is 260 g/mol. The summed E-state index contributed by atoms with van der Waals surface area (Å²) in [6.45, 7) is 2.12. The first-order valence-electron chi connectivity index (χ1n) is 6.26. The Balaban J connectivity index is 2.23. The summed E-state index contributed by atoms with van der Waals surface area (Å²) >= 11 is 6.13. The predicted octanol–water partition coefficient (Wildman–Crippen LogP) is 3.73. The zero-order chi connectivity index (χ0) is 13.7. The second-order valence-corrected chi connectivity index (χ2v) is 4.56. The third-order valence-corrected chi connectivity index (χ3v) is 3.17. The van der Waals surface area contributed by atoms with Gasteiger partial charge < -0.3 is 10.6 Å². The Morgan fingerprint density at radius 1 is 1.26 bits per heavy atom. The third-order valence-electron chi connectivity index (χ3n) is 2.89. The van der Waals surface area contributed by atoms with E-state index in [4.69, 9.17) is 11.6 Å². The summed E-state index contributed by atoms with van der Waals surface area (Å²) in [5.74, 6) is 1.20. The zero-order valence-electron chi connectivity index (χ0n) is 11.0. The number of aromatic nitrogens is 2. The van der Waals surface area contributed by atoms with E-state index in [9.17, 15) is 0 Å². The lowest BCUT2D eigenvalue weighted by Gasteiger charge is -2.19. The molecule has 0 fully saturated rings. The highest BCUT2D eigenvalue weighted by Gasteiger charge is 2.12. The number of anilines is 2. The van der Waals surface area contributed by atoms with Crippen LogP contribution in [0.3, 0.4) is 0 Å². The summed E-state index contributed by atoms with van der Waals surface area (Å²) in [7, 11) is 1.78. The lowest BCUT2D eigenvalue weighted by Crippen LogP contribution is -2.12. The van der Waals surface area contributed by atoms with Crippen LogP contribution in [0.4, 0.5) is 11.8 Å². The second-order valence-electron chi connectivity index (χ2n) is 4.16. The first-order chi connectivity index (χ1) is 9.24. The molecule has 1 unspecified atom stereocenters. The molecule has 5 heteroatoms. The number of hydrogen-bond acceptors (Lipinski definition) is 4. The van der Waals surface area contributed by atoms with Gasteiger partial charge in [0, 0.05) is 7.05 Å². The van der Waals surface area contributed by atoms with Gasteiger partial charge in [-0.05, 0) is 12.0 Å². The first-order valence-corrected chi connectivity index (χ1v) is 6.64. The van der Waals surface area contributed by atoms with E-state index < -0.39 is 0 Å². The monoisotopic (exact) mass is 276 g/mol. The molecule has 100 valence electrons. The Hall–Kier alpha value is -1.81. The number of nitrogens with one attached hydrogen (secondary N) is 2. The van der Waals surface area contributed by atoms with Gasteiger partial charge in [0.15, 0.2) is 5.82 Å². The van der Waals surface area contributed by atoms with Crippen LogP contribution in [0.25, 0.3) is 0 Å². The van der Waals surface area contributed by atoms with Crippen LogP contribution < -0.4 is 10.6 Å². The summed E-state index contributed by atoms with van der Waals surface area (Å²) in [4.78, 5) is 8.41. The molecule has 2 rings (SSSR count). The fourth-order valence-corrected chi connectivity index (χ4v) is 2.01. The van der Waals surface area contributed by atoms with Crippen molar-refractivity contribution in [3.63, 3.8) is 0 Å². The molecule has 4 nitrogen and oxygen atoms in total. The molecule has 2 N–H and O–H groups in total. The van der Waals surface area contributed by atoms with Gasteiger partial charge in [0.1, 0.15) is 5.02 Å². The van der Waals surface area contributed by atoms with E-state index in [1.165, 1.54) is 5.56 Å². The molecule has 0 aliphatic rings. The van der Waals surface area contributed by atoms with Crippen molar-refractivity contribution >= 4 is 23.4 Å². The van der Waals surface area contributed by atoms with Crippen LogP contribution in [0.2, 0.25) is 5.02 Å². The highest BCUT2D eigenvalue weighted by Crippen LogP contribution is 2.26. The van der Waals surface area contributed by atoms with Crippen LogP contribution in [-0.4, -0.2) is 17.0 Å². The van der Waals surface area contributed by atoms with Gasteiger partial charge >= 0.3 is 0 Å². The van der Waals surface area contributed by atoms with E-state index in [0.717, 1.165) is 6.42 Å². The van der Waals surface area contributed by atoms with Crippen molar-refractivity contribution in [1.82, 2.24) is 9.97 Å². The topological polar surface area (TPSA) is 49.8 Å². The van der Waals surface area contributed by atoms with E-state index in [1.54, 1.807) is 13.2 Å². The van der Waals surface area contributed by atoms with Crippen LogP contribution in [-0.2, 0) is 0 Å². The average molecular weight is 277 g/mol. The molecule has 1 aromatic heterocycles. The summed E-state index contributed by atoms with van der Waals surface area (Å²) in [5, 5.41) is 6.79. The van der Waals surface area contributed by atoms with E-state index in [2.05, 4.69) is 39.7 Å². The molecule has 1 heterocycles. The minimum Gasteiger partial charge on any atom is -0.362 e. The summed E-state index contributed by atoms with van der Waals surface area (Å²) < 4.78 is 0. The zero-order valence-corrected chi connectivity index (χ0v) is 11.8. The quantitative estimate of drug-likeness (QED) is 0.874. The molecule has 0 aliphatic heterocycles. The molecule has 19 heavy (non-hydrogen) atoms. The van der Waals surface area contributed by atoms with Gasteiger partial charge in [-0.3, -0.25) is 0 Å². The molecule has 0 radical (unpaired) electrons. The first kappa shape index (κ1) is 13.6. The van der Waals surface area contributed by atoms with Crippen molar-refractivity contribution in [1.29, 1.82) is 0 Å². The molecular formula is C14H17ClN4. The number of benzene rings is 1. The van der Waals surface area contributed by atoms with Crippen molar-refractivity contribution in [2.24, 2.45) is 0 Å². The summed E-state index contributed by atoms with van der Waals surface area (Å²) in [6.07, 6.45) is 2.54. The molecule has 1 atom stereocenters. The van der Waals surface area contributed by atoms with Crippen molar-refractivity contribution in [2.75, 3.05) is 17.7 Å². The van der Waals surface area contributed by atoms with Crippen LogP contribution in [0.15, 0.2) is 36.5 Å². The number of hydrogen-bond donors (Lipinski definition) is 2. The number of rotatable bonds is 5. The molecule has 0 bridgehead atoms. The van der Waals surface area contributed by atoms with Crippen molar-refractivity contribution in [3.8, 4) is 0 Å². The lowest BCUT2D eigenvalue weighted by atomic mass is 10.0. The fourth-order valence-electron chi connectivity index (χ4n) is 1.86. The van der Waals surface area contributed by atoms with E-state index in [1.807, 2.05) is 18.2 Å². The third kappa shape index (κ3) is 3.35. The molecule has 1 aromatic carbocycles. The Kier molecular flexibility index (Phi) is 4.58. The van der Waals surface area contributed by atoms with Crippen molar-refractivity contribution in [2.45, 2.75) is 19.4 Å². The Morgan fingerprint density at radius 3 is 2.63 bits per heavy atom. The normalized spacial score (nSPS) is 11.9. The van der Waals surface area contributed by atoms with Crippen molar-refractivity contribution in [3.05, 3.63) is 47.1 Å². The largest absolute Gasteiger partial charge is 0.362 e. The Labute approximate surface area is 118 Å². The Bertz CT molecular complexity index is 530. The van der Waals surface area contributed by atoms with E-state index in [-0.39, 0.29) is 6.04 Å². The summed E-state index contributed by atoms with van der Waals surface area (Å²) in [5.41, 5.74) is 1.21. The van der Waals surface area contributed by atoms with E-state index >= 15 is 0 Å². The molecule has 0 saturated heterocycles. The van der Waals surface area contributed by atoms with Gasteiger partial charge in [-0.1, -0.05) is 48.9 Å². The van der Waals surface area contributed by atoms with Gasteiger partial charge in [0.25, 0.3) is 0 Å². The molecule has 0 saturated carbocycles. The lowest BCUT2D eigenvalue weighted by molar-refractivity contribution is 0.744. The van der Waals surface area contributed by atoms with Gasteiger partial charge in [-0.2, -0.15) is 4.98 Å². The molecule has 2 aromatic rings. The average Bonchev–Trinajstić information content (AvgIpc) is 2.47. The fraction of sp³-hybridized carbons (Fsp3) is 0.286. The van der Waals surface area contributed by atoms with Crippen LogP contribution >= 0.6 is 11.6 Å². The standard InChI is InChI=1S/C14H17ClN4/c1-3-12(10-7-5-4-6-8-10)18-13-11(15)9-17-14(16-2)19-13/h4-9,12H,3H2,1-2H3,(H2,16,17,18,19). The molecule has 0 amide bonds. The summed E-state index contributed by atoms with van der Waals surface area (Å²) in [6, 6.07) is 10.4. The van der Waals surface area contributed by atoms with Crippen LogP contribution in [0, 0.1) is 0 Å². The van der Waals surface area contributed by atoms with Gasteiger partial charge in [0.05, 0.1) is 12.2 Å². The van der Waals surface area contributed by atoms with Crippen molar-refractivity contribution < 1.29 is 0 Å². The molecule has 0 aliphatic carbocycles. The molecule has 0 spiro atoms. The van der Waals surface area contributed by atoms with Crippen LogP contribution in [0.5, 0.6) is 0 Å². The maximum absolute atomic E-state index is 6.13. The van der Waals surface area contributed by atoms with E-state index in [0.29, 0.717) is 16.8 Å².